The second-order valence-electron chi connectivity index (χ2n) is 4.38. The van der Waals surface area contributed by atoms with E-state index in [1.165, 1.54) is 30.6 Å². The Hall–Kier alpha value is -2.60. The lowest BCUT2D eigenvalue weighted by atomic mass is 10.2. The van der Waals surface area contributed by atoms with Crippen LogP contribution in [0.1, 0.15) is 38.2 Å². The first kappa shape index (κ1) is 22.7. The zero-order valence-electron chi connectivity index (χ0n) is 14.0. The van der Waals surface area contributed by atoms with Crippen LogP contribution in [0, 0.1) is 11.3 Å². The van der Waals surface area contributed by atoms with Gasteiger partial charge in [0.25, 0.3) is 0 Å². The highest BCUT2D eigenvalue weighted by Gasteiger charge is 1.93. The highest BCUT2D eigenvalue weighted by atomic mass is 16.5. The fraction of sp³-hybridized carbons (Fsp3) is 0.300. The van der Waals surface area contributed by atoms with Gasteiger partial charge in [0, 0.05) is 12.2 Å². The Kier molecular flexibility index (Phi) is 19.1. The maximum atomic E-state index is 10.5. The maximum Gasteiger partial charge on any atom is 0.330 e. The van der Waals surface area contributed by atoms with Crippen molar-refractivity contribution >= 4 is 12.0 Å². The van der Waals surface area contributed by atoms with E-state index in [2.05, 4.69) is 26.7 Å². The Labute approximate surface area is 140 Å². The van der Waals surface area contributed by atoms with E-state index in [-0.39, 0.29) is 5.97 Å². The Bertz CT molecular complexity index is 472. The summed E-state index contributed by atoms with van der Waals surface area (Å²) in [6.07, 6.45) is 8.73. The number of allylic oxidation sites excluding steroid dienone is 1. The number of nitriles is 1. The van der Waals surface area contributed by atoms with E-state index in [9.17, 15) is 4.79 Å². The highest BCUT2D eigenvalue weighted by Crippen LogP contribution is 1.99. The van der Waals surface area contributed by atoms with E-state index < -0.39 is 0 Å². The predicted molar refractivity (Wildman–Crippen MR) is 97.6 cm³/mol. The molecule has 0 N–H and O–H groups in total. The summed E-state index contributed by atoms with van der Waals surface area (Å²) in [5.74, 6) is -0.318. The predicted octanol–water partition coefficient (Wildman–Crippen LogP) is 5.32. The number of benzene rings is 1. The number of nitrogens with zero attached hydrogens (tertiary/aromatic N) is 1. The third-order valence-electron chi connectivity index (χ3n) is 2.54. The normalized spacial score (nSPS) is 8.00. The molecule has 0 aliphatic carbocycles. The van der Waals surface area contributed by atoms with Crippen LogP contribution in [0.25, 0.3) is 6.08 Å². The van der Waals surface area contributed by atoms with Gasteiger partial charge in [0.15, 0.2) is 0 Å². The lowest BCUT2D eigenvalue weighted by Crippen LogP contribution is -2.01. The lowest BCUT2D eigenvalue weighted by molar-refractivity contribution is -0.137. The molecule has 124 valence electrons. The molecule has 23 heavy (non-hydrogen) atoms. The molecule has 0 unspecified atom stereocenters. The van der Waals surface area contributed by atoms with Crippen LogP contribution >= 0.6 is 0 Å². The third-order valence-corrected chi connectivity index (χ3v) is 2.54. The van der Waals surface area contributed by atoms with Crippen LogP contribution < -0.4 is 0 Å². The fourth-order valence-electron chi connectivity index (χ4n) is 1.35. The van der Waals surface area contributed by atoms with Gasteiger partial charge in [-0.2, -0.15) is 5.26 Å². The maximum absolute atomic E-state index is 10.5. The highest BCUT2D eigenvalue weighted by molar-refractivity contribution is 5.81. The van der Waals surface area contributed by atoms with Crippen molar-refractivity contribution in [1.29, 1.82) is 5.26 Å². The minimum Gasteiger partial charge on any atom is -0.463 e. The average Bonchev–Trinajstić information content (AvgIpc) is 2.62. The van der Waals surface area contributed by atoms with Crippen molar-refractivity contribution in [3.63, 3.8) is 0 Å². The van der Waals surface area contributed by atoms with Gasteiger partial charge in [-0.25, -0.2) is 4.79 Å². The number of carbonyl (C=O) groups excluding carboxylic acids is 1. The molecule has 0 saturated carbocycles. The third kappa shape index (κ3) is 19.4. The lowest BCUT2D eigenvalue weighted by Gasteiger charge is -1.99. The van der Waals surface area contributed by atoms with Crippen LogP contribution in [-0.4, -0.2) is 12.6 Å². The van der Waals surface area contributed by atoms with E-state index >= 15 is 0 Å². The molecule has 0 atom stereocenters. The largest absolute Gasteiger partial charge is 0.463 e. The summed E-state index contributed by atoms with van der Waals surface area (Å²) >= 11 is 0. The molecule has 1 rings (SSSR count). The topological polar surface area (TPSA) is 50.1 Å². The van der Waals surface area contributed by atoms with Gasteiger partial charge in [0.1, 0.15) is 0 Å². The number of hydrogen-bond donors (Lipinski definition) is 0. The van der Waals surface area contributed by atoms with Crippen molar-refractivity contribution in [3.05, 3.63) is 67.8 Å². The van der Waals surface area contributed by atoms with Crippen molar-refractivity contribution < 1.29 is 9.53 Å². The first-order valence-electron chi connectivity index (χ1n) is 7.63. The van der Waals surface area contributed by atoms with E-state index in [0.717, 1.165) is 12.8 Å². The Morgan fingerprint density at radius 2 is 1.78 bits per heavy atom. The molecule has 0 aliphatic rings. The number of rotatable bonds is 7. The van der Waals surface area contributed by atoms with Crippen LogP contribution in [0.5, 0.6) is 0 Å². The second-order valence-corrected chi connectivity index (χ2v) is 4.38. The summed E-state index contributed by atoms with van der Waals surface area (Å²) in [6, 6.07) is 11.7. The van der Waals surface area contributed by atoms with Gasteiger partial charge in [0.05, 0.1) is 12.7 Å². The van der Waals surface area contributed by atoms with Crippen LogP contribution in [0.3, 0.4) is 0 Å². The van der Waals surface area contributed by atoms with Crippen molar-refractivity contribution in [3.8, 4) is 6.07 Å². The van der Waals surface area contributed by atoms with Gasteiger partial charge in [-0.15, -0.1) is 0 Å². The van der Waals surface area contributed by atoms with E-state index in [1.807, 2.05) is 36.4 Å². The van der Waals surface area contributed by atoms with Gasteiger partial charge < -0.3 is 4.74 Å². The molecule has 0 aromatic heterocycles. The number of ether oxygens (including phenoxy) is 1. The molecule has 0 saturated heterocycles. The van der Waals surface area contributed by atoms with E-state index in [4.69, 9.17) is 10.00 Å². The van der Waals surface area contributed by atoms with Crippen LogP contribution in [0.15, 0.2) is 62.2 Å². The summed E-state index contributed by atoms with van der Waals surface area (Å²) in [5, 5.41) is 7.51. The number of esters is 1. The van der Waals surface area contributed by atoms with Crippen LogP contribution in [0.2, 0.25) is 0 Å². The van der Waals surface area contributed by atoms with Crippen molar-refractivity contribution in [1.82, 2.24) is 0 Å². The Balaban J connectivity index is 0. The molecule has 0 heterocycles. The van der Waals surface area contributed by atoms with Gasteiger partial charge in [-0.3, -0.25) is 0 Å². The molecule has 0 amide bonds. The Morgan fingerprint density at radius 3 is 2.17 bits per heavy atom. The molecule has 0 bridgehead atoms. The summed E-state index contributed by atoms with van der Waals surface area (Å²) in [7, 11) is 0. The molecule has 3 heteroatoms. The van der Waals surface area contributed by atoms with Gasteiger partial charge >= 0.3 is 5.97 Å². The molecular formula is C20H27NO2. The van der Waals surface area contributed by atoms with E-state index in [1.54, 1.807) is 6.07 Å². The smallest absolute Gasteiger partial charge is 0.330 e. The summed E-state index contributed by atoms with van der Waals surface area (Å²) in [6.45, 7) is 12.7. The first-order chi connectivity index (χ1) is 11.2. The Morgan fingerprint density at radius 1 is 1.17 bits per heavy atom. The minimum absolute atomic E-state index is 0.318. The molecule has 3 nitrogen and oxygen atoms in total. The van der Waals surface area contributed by atoms with Crippen LogP contribution in [-0.2, 0) is 9.53 Å². The standard InChI is InChI=1S/C9H16O2.C8H8.C3H3N/c1-3-5-6-7-8-11-9(10)4-2;1-2-8-6-4-3-5-7-8;1-2-3-4/h4H,2-3,5-8H2,1H3;2-7H,1H2;2H,1H2. The van der Waals surface area contributed by atoms with Gasteiger partial charge in [-0.05, 0) is 12.0 Å². The molecular weight excluding hydrogens is 286 g/mol. The summed E-state index contributed by atoms with van der Waals surface area (Å²) < 4.78 is 4.78. The minimum atomic E-state index is -0.318. The van der Waals surface area contributed by atoms with Gasteiger partial charge in [-0.1, -0.05) is 82.3 Å². The van der Waals surface area contributed by atoms with E-state index in [0.29, 0.717) is 6.61 Å². The molecule has 1 aromatic rings. The molecule has 0 spiro atoms. The number of carbonyl (C=O) groups is 1. The molecule has 1 aromatic carbocycles. The number of unbranched alkanes of at least 4 members (excludes halogenated alkanes) is 3. The van der Waals surface area contributed by atoms with Crippen molar-refractivity contribution in [2.45, 2.75) is 32.6 Å². The zero-order valence-corrected chi connectivity index (χ0v) is 14.0. The SMILES string of the molecule is C=CC#N.C=CC(=O)OCCCCCC.C=Cc1ccccc1. The fourth-order valence-corrected chi connectivity index (χ4v) is 1.35. The summed E-state index contributed by atoms with van der Waals surface area (Å²) in [4.78, 5) is 10.5. The van der Waals surface area contributed by atoms with Crippen LogP contribution in [0.4, 0.5) is 0 Å². The van der Waals surface area contributed by atoms with Crippen molar-refractivity contribution in [2.24, 2.45) is 0 Å². The first-order valence-corrected chi connectivity index (χ1v) is 7.63. The molecule has 0 fully saturated rings. The molecule has 0 aliphatic heterocycles. The molecule has 0 radical (unpaired) electrons. The average molecular weight is 313 g/mol. The summed E-state index contributed by atoms with van der Waals surface area (Å²) in [5.41, 5.74) is 1.17. The monoisotopic (exact) mass is 313 g/mol. The zero-order chi connectivity index (χ0) is 17.8. The quantitative estimate of drug-likeness (QED) is 0.296. The van der Waals surface area contributed by atoms with Gasteiger partial charge in [0.2, 0.25) is 0 Å². The van der Waals surface area contributed by atoms with Crippen molar-refractivity contribution in [2.75, 3.05) is 6.61 Å². The number of hydrogen-bond acceptors (Lipinski definition) is 3. The second kappa shape index (κ2) is 19.4.